The van der Waals surface area contributed by atoms with Crippen molar-refractivity contribution in [3.8, 4) is 5.75 Å². The SMILES string of the molecule is O=S(=O)(NS(=O)(=O)C(F)(F)F)OC1CCC(Oc2ccc([S+](c3ccccc3)c3ccccc3)cc2)CC1. The molecule has 4 rings (SSSR count). The first kappa shape index (κ1) is 28.4. The van der Waals surface area contributed by atoms with Crippen molar-refractivity contribution in [2.45, 2.75) is 58.1 Å². The zero-order valence-electron chi connectivity index (χ0n) is 19.9. The van der Waals surface area contributed by atoms with Gasteiger partial charge in [-0.25, -0.2) is 8.42 Å². The minimum atomic E-state index is -6.09. The van der Waals surface area contributed by atoms with E-state index in [1.165, 1.54) is 9.79 Å². The van der Waals surface area contributed by atoms with E-state index in [2.05, 4.69) is 28.4 Å². The minimum absolute atomic E-state index is 0.168. The zero-order valence-corrected chi connectivity index (χ0v) is 22.3. The van der Waals surface area contributed by atoms with E-state index in [0.29, 0.717) is 22.7 Å². The number of nitrogens with one attached hydrogen (secondary N) is 1. The lowest BCUT2D eigenvalue weighted by molar-refractivity contribution is -0.0442. The number of hydrogen-bond acceptors (Lipinski definition) is 6. The van der Waals surface area contributed by atoms with Crippen molar-refractivity contribution in [1.29, 1.82) is 0 Å². The number of alkyl halides is 3. The van der Waals surface area contributed by atoms with Gasteiger partial charge in [0.1, 0.15) is 5.75 Å². The molecule has 0 bridgehead atoms. The predicted molar refractivity (Wildman–Crippen MR) is 136 cm³/mol. The number of benzene rings is 3. The molecule has 0 aliphatic heterocycles. The molecule has 1 fully saturated rings. The Kier molecular flexibility index (Phi) is 8.72. The van der Waals surface area contributed by atoms with Gasteiger partial charge in [0, 0.05) is 0 Å². The van der Waals surface area contributed by atoms with E-state index < -0.39 is 31.9 Å². The molecule has 3 aromatic rings. The van der Waals surface area contributed by atoms with Gasteiger partial charge < -0.3 is 4.74 Å². The second kappa shape index (κ2) is 11.7. The van der Waals surface area contributed by atoms with E-state index in [-0.39, 0.29) is 29.8 Å². The summed E-state index contributed by atoms with van der Waals surface area (Å²) in [7, 11) is -11.6. The van der Waals surface area contributed by atoms with E-state index in [1.54, 1.807) is 0 Å². The molecule has 1 N–H and O–H groups in total. The van der Waals surface area contributed by atoms with Gasteiger partial charge in [-0.3, -0.25) is 4.18 Å². The lowest BCUT2D eigenvalue weighted by Gasteiger charge is -2.28. The molecular weight excluding hydrogens is 563 g/mol. The highest BCUT2D eigenvalue weighted by atomic mass is 32.3. The molecule has 0 amide bonds. The molecule has 1 aliphatic rings. The third-order valence-electron chi connectivity index (χ3n) is 5.72. The molecule has 3 aromatic carbocycles. The van der Waals surface area contributed by atoms with E-state index in [4.69, 9.17) is 4.74 Å². The number of hydrogen-bond donors (Lipinski definition) is 1. The molecule has 13 heteroatoms. The first-order chi connectivity index (χ1) is 17.9. The van der Waals surface area contributed by atoms with Crippen molar-refractivity contribution in [3.63, 3.8) is 0 Å². The molecule has 0 atom stereocenters. The Balaban J connectivity index is 1.36. The maximum absolute atomic E-state index is 12.5. The van der Waals surface area contributed by atoms with Crippen LogP contribution in [0, 0.1) is 0 Å². The zero-order chi connectivity index (χ0) is 27.4. The highest BCUT2D eigenvalue weighted by Crippen LogP contribution is 2.33. The maximum atomic E-state index is 12.5. The number of ether oxygens (including phenoxy) is 1. The molecule has 0 saturated heterocycles. The molecule has 0 heterocycles. The average molecular weight is 589 g/mol. The van der Waals surface area contributed by atoms with Crippen LogP contribution in [0.1, 0.15) is 25.7 Å². The van der Waals surface area contributed by atoms with Crippen molar-refractivity contribution in [2.24, 2.45) is 0 Å². The van der Waals surface area contributed by atoms with E-state index >= 15 is 0 Å². The van der Waals surface area contributed by atoms with Gasteiger partial charge in [0.05, 0.1) is 23.1 Å². The van der Waals surface area contributed by atoms with Crippen LogP contribution in [-0.4, -0.2) is 34.6 Å². The number of rotatable bonds is 9. The van der Waals surface area contributed by atoms with Crippen LogP contribution in [0.2, 0.25) is 0 Å². The molecule has 38 heavy (non-hydrogen) atoms. The lowest BCUT2D eigenvalue weighted by atomic mass is 9.95. The quantitative estimate of drug-likeness (QED) is 0.346. The highest BCUT2D eigenvalue weighted by molar-refractivity contribution is 8.03. The van der Waals surface area contributed by atoms with Crippen LogP contribution in [0.15, 0.2) is 99.6 Å². The Bertz CT molecular complexity index is 1370. The first-order valence-corrected chi connectivity index (χ1v) is 15.7. The third-order valence-corrected chi connectivity index (χ3v) is 10.8. The normalized spacial score (nSPS) is 18.8. The van der Waals surface area contributed by atoms with Crippen molar-refractivity contribution in [2.75, 3.05) is 0 Å². The monoisotopic (exact) mass is 588 g/mol. The van der Waals surface area contributed by atoms with Crippen LogP contribution in [0.4, 0.5) is 13.2 Å². The Morgan fingerprint density at radius 1 is 0.684 bits per heavy atom. The van der Waals surface area contributed by atoms with Gasteiger partial charge in [-0.2, -0.15) is 21.6 Å². The van der Waals surface area contributed by atoms with Gasteiger partial charge >= 0.3 is 25.8 Å². The van der Waals surface area contributed by atoms with Gasteiger partial charge in [-0.15, -0.1) is 0 Å². The van der Waals surface area contributed by atoms with Gasteiger partial charge in [-0.05, 0) is 74.2 Å². The highest BCUT2D eigenvalue weighted by Gasteiger charge is 2.49. The van der Waals surface area contributed by atoms with Crippen LogP contribution in [-0.2, 0) is 35.4 Å². The van der Waals surface area contributed by atoms with E-state index in [1.807, 2.05) is 60.7 Å². The average Bonchev–Trinajstić information content (AvgIpc) is 2.86. The summed E-state index contributed by atoms with van der Waals surface area (Å²) in [4.78, 5) is 3.47. The van der Waals surface area contributed by atoms with Crippen LogP contribution in [0.25, 0.3) is 0 Å². The fraction of sp³-hybridized carbons (Fsp3) is 0.280. The predicted octanol–water partition coefficient (Wildman–Crippen LogP) is 5.17. The molecule has 0 unspecified atom stereocenters. The van der Waals surface area contributed by atoms with Crippen molar-refractivity contribution in [1.82, 2.24) is 4.13 Å². The van der Waals surface area contributed by atoms with Crippen LogP contribution in [0.3, 0.4) is 0 Å². The topological polar surface area (TPSA) is 98.8 Å². The summed E-state index contributed by atoms with van der Waals surface area (Å²) >= 11 is 0. The Morgan fingerprint density at radius 2 is 1.13 bits per heavy atom. The van der Waals surface area contributed by atoms with Crippen LogP contribution in [0.5, 0.6) is 5.75 Å². The van der Waals surface area contributed by atoms with E-state index in [0.717, 1.165) is 4.90 Å². The van der Waals surface area contributed by atoms with Gasteiger partial charge in [0.25, 0.3) is 0 Å². The molecule has 0 radical (unpaired) electrons. The molecule has 1 saturated carbocycles. The number of halogens is 3. The van der Waals surface area contributed by atoms with Gasteiger partial charge in [0.15, 0.2) is 14.7 Å². The fourth-order valence-corrected chi connectivity index (χ4v) is 8.24. The van der Waals surface area contributed by atoms with Crippen molar-refractivity contribution < 1.29 is 38.9 Å². The van der Waals surface area contributed by atoms with E-state index in [9.17, 15) is 30.0 Å². The minimum Gasteiger partial charge on any atom is -0.490 e. The van der Waals surface area contributed by atoms with Crippen LogP contribution < -0.4 is 8.86 Å². The summed E-state index contributed by atoms with van der Waals surface area (Å²) in [6, 6.07) is 28.1. The Labute approximate surface area is 222 Å². The molecule has 0 aromatic heterocycles. The Hall–Kier alpha value is -2.58. The standard InChI is InChI=1S/C25H25F3NO6S3/c26-25(27,28)37(30,31)29-38(32,33)35-21-13-11-19(12-14-21)34-20-15-17-24(18-16-20)36(22-7-3-1-4-8-22)23-9-5-2-6-10-23/h1-10,15-19,21,29H,11-14H2/q+1. The second-order valence-corrected chi connectivity index (χ2v) is 13.8. The third kappa shape index (κ3) is 7.29. The maximum Gasteiger partial charge on any atom is 0.512 e. The summed E-state index contributed by atoms with van der Waals surface area (Å²) in [6.07, 6.45) is -0.116. The van der Waals surface area contributed by atoms with Gasteiger partial charge in [-0.1, -0.05) is 40.5 Å². The molecule has 7 nitrogen and oxygen atoms in total. The lowest BCUT2D eigenvalue weighted by Crippen LogP contribution is -2.42. The molecular formula is C25H25F3NO6S3+. The van der Waals surface area contributed by atoms with Gasteiger partial charge in [0.2, 0.25) is 0 Å². The fourth-order valence-electron chi connectivity index (χ4n) is 3.99. The summed E-state index contributed by atoms with van der Waals surface area (Å²) in [6.45, 7) is 0. The van der Waals surface area contributed by atoms with Crippen molar-refractivity contribution >= 4 is 31.2 Å². The van der Waals surface area contributed by atoms with Crippen molar-refractivity contribution in [3.05, 3.63) is 84.9 Å². The molecule has 1 aliphatic carbocycles. The smallest absolute Gasteiger partial charge is 0.490 e. The summed E-state index contributed by atoms with van der Waals surface area (Å²) in [5.74, 6) is 0.633. The molecule has 204 valence electrons. The van der Waals surface area contributed by atoms with Crippen LogP contribution >= 0.6 is 0 Å². The summed E-state index contributed by atoms with van der Waals surface area (Å²) in [5.41, 5.74) is -5.77. The molecule has 0 spiro atoms. The summed E-state index contributed by atoms with van der Waals surface area (Å²) in [5, 5.41) is 0. The number of sulfonamides is 1. The summed E-state index contributed by atoms with van der Waals surface area (Å²) < 4.78 is 94.4. The first-order valence-electron chi connectivity index (χ1n) is 11.6. The second-order valence-electron chi connectivity index (χ2n) is 8.50. The largest absolute Gasteiger partial charge is 0.512 e. The Morgan fingerprint density at radius 3 is 1.61 bits per heavy atom.